The van der Waals surface area contributed by atoms with Gasteiger partial charge in [-0.2, -0.15) is 0 Å². The van der Waals surface area contributed by atoms with Crippen LogP contribution in [0.4, 0.5) is 4.79 Å². The quantitative estimate of drug-likeness (QED) is 0.778. The fraction of sp³-hybridized carbons (Fsp3) is 0.562. The van der Waals surface area contributed by atoms with Gasteiger partial charge in [-0.25, -0.2) is 4.79 Å². The van der Waals surface area contributed by atoms with Crippen LogP contribution in [0.2, 0.25) is 0 Å². The molecule has 1 aliphatic heterocycles. The highest BCUT2D eigenvalue weighted by Gasteiger charge is 2.23. The van der Waals surface area contributed by atoms with E-state index in [4.69, 9.17) is 14.2 Å². The lowest BCUT2D eigenvalue weighted by atomic mass is 10.1. The molecule has 1 aromatic carbocycles. The van der Waals surface area contributed by atoms with Crippen LogP contribution in [-0.2, 0) is 11.3 Å². The van der Waals surface area contributed by atoms with Gasteiger partial charge in [-0.15, -0.1) is 0 Å². The molecule has 0 aliphatic carbocycles. The Bertz CT molecular complexity index is 545. The van der Waals surface area contributed by atoms with Gasteiger partial charge in [0.05, 0.1) is 25.3 Å². The molecule has 0 spiro atoms. The van der Waals surface area contributed by atoms with Crippen molar-refractivity contribution in [1.82, 2.24) is 9.80 Å². The van der Waals surface area contributed by atoms with Crippen molar-refractivity contribution < 1.29 is 19.0 Å². The first-order valence-electron chi connectivity index (χ1n) is 7.63. The molecule has 1 saturated heterocycles. The number of methoxy groups -OCH3 is 2. The molecule has 0 unspecified atom stereocenters. The van der Waals surface area contributed by atoms with Crippen molar-refractivity contribution in [3.05, 3.63) is 22.2 Å². The number of hydrogen-bond donors (Lipinski definition) is 0. The van der Waals surface area contributed by atoms with Crippen LogP contribution >= 0.6 is 15.9 Å². The van der Waals surface area contributed by atoms with E-state index in [1.54, 1.807) is 19.1 Å². The fourth-order valence-corrected chi connectivity index (χ4v) is 3.14. The molecule has 1 fully saturated rings. The molecular formula is C16H23BrN2O4. The molecule has 0 N–H and O–H groups in total. The van der Waals surface area contributed by atoms with E-state index in [1.165, 1.54) is 0 Å². The van der Waals surface area contributed by atoms with Gasteiger partial charge in [0.2, 0.25) is 0 Å². The lowest BCUT2D eigenvalue weighted by molar-refractivity contribution is 0.0776. The third-order valence-corrected chi connectivity index (χ3v) is 4.47. The molecule has 128 valence electrons. The lowest BCUT2D eigenvalue weighted by Crippen LogP contribution is -2.48. The van der Waals surface area contributed by atoms with Gasteiger partial charge in [0.25, 0.3) is 0 Å². The molecule has 0 radical (unpaired) electrons. The van der Waals surface area contributed by atoms with E-state index >= 15 is 0 Å². The summed E-state index contributed by atoms with van der Waals surface area (Å²) in [6.45, 7) is 5.98. The maximum absolute atomic E-state index is 11.7. The number of nitrogens with zero attached hydrogens (tertiary/aromatic N) is 2. The minimum Gasteiger partial charge on any atom is -0.496 e. The molecule has 1 heterocycles. The van der Waals surface area contributed by atoms with Crippen LogP contribution in [0, 0.1) is 0 Å². The maximum atomic E-state index is 11.7. The first-order chi connectivity index (χ1) is 11.1. The Kier molecular flexibility index (Phi) is 6.53. The summed E-state index contributed by atoms with van der Waals surface area (Å²) in [6, 6.07) is 3.91. The second-order valence-corrected chi connectivity index (χ2v) is 6.12. The van der Waals surface area contributed by atoms with E-state index in [9.17, 15) is 4.79 Å². The molecule has 0 atom stereocenters. The first-order valence-corrected chi connectivity index (χ1v) is 8.42. The summed E-state index contributed by atoms with van der Waals surface area (Å²) < 4.78 is 16.7. The van der Waals surface area contributed by atoms with Gasteiger partial charge in [0, 0.05) is 44.4 Å². The Balaban J connectivity index is 1.99. The number of amides is 1. The van der Waals surface area contributed by atoms with Gasteiger partial charge in [-0.3, -0.25) is 4.90 Å². The molecular weight excluding hydrogens is 364 g/mol. The SMILES string of the molecule is CCOC(=O)N1CCN(Cc2cc(Br)c(OC)cc2OC)CC1. The number of halogens is 1. The number of ether oxygens (including phenoxy) is 3. The van der Waals surface area contributed by atoms with Gasteiger partial charge >= 0.3 is 6.09 Å². The normalized spacial score (nSPS) is 15.4. The highest BCUT2D eigenvalue weighted by molar-refractivity contribution is 9.10. The van der Waals surface area contributed by atoms with Crippen LogP contribution in [0.5, 0.6) is 11.5 Å². The van der Waals surface area contributed by atoms with Crippen molar-refractivity contribution in [1.29, 1.82) is 0 Å². The zero-order chi connectivity index (χ0) is 16.8. The molecule has 0 saturated carbocycles. The van der Waals surface area contributed by atoms with E-state index in [0.29, 0.717) is 19.7 Å². The molecule has 0 aromatic heterocycles. The Morgan fingerprint density at radius 2 is 1.78 bits per heavy atom. The fourth-order valence-electron chi connectivity index (χ4n) is 2.59. The first kappa shape index (κ1) is 17.9. The number of carbonyl (C=O) groups excluding carboxylic acids is 1. The molecule has 0 bridgehead atoms. The Labute approximate surface area is 145 Å². The monoisotopic (exact) mass is 386 g/mol. The average molecular weight is 387 g/mol. The predicted molar refractivity (Wildman–Crippen MR) is 91.1 cm³/mol. The third-order valence-electron chi connectivity index (χ3n) is 3.85. The Morgan fingerprint density at radius 3 is 2.35 bits per heavy atom. The van der Waals surface area contributed by atoms with Crippen LogP contribution < -0.4 is 9.47 Å². The second-order valence-electron chi connectivity index (χ2n) is 5.26. The standard InChI is InChI=1S/C16H23BrN2O4/c1-4-23-16(20)19-7-5-18(6-8-19)11-12-9-13(17)15(22-3)10-14(12)21-2/h9-10H,4-8,11H2,1-3H3. The summed E-state index contributed by atoms with van der Waals surface area (Å²) in [5, 5.41) is 0. The van der Waals surface area contributed by atoms with Crippen molar-refractivity contribution >= 4 is 22.0 Å². The molecule has 1 amide bonds. The third kappa shape index (κ3) is 4.51. The van der Waals surface area contributed by atoms with Crippen LogP contribution in [0.3, 0.4) is 0 Å². The maximum Gasteiger partial charge on any atom is 0.409 e. The van der Waals surface area contributed by atoms with Crippen molar-refractivity contribution in [3.63, 3.8) is 0 Å². The predicted octanol–water partition coefficient (Wildman–Crippen LogP) is 2.74. The summed E-state index contributed by atoms with van der Waals surface area (Å²) in [5.41, 5.74) is 1.09. The topological polar surface area (TPSA) is 51.2 Å². The molecule has 7 heteroatoms. The van der Waals surface area contributed by atoms with Gasteiger partial charge in [0.1, 0.15) is 11.5 Å². The smallest absolute Gasteiger partial charge is 0.409 e. The minimum absolute atomic E-state index is 0.225. The lowest BCUT2D eigenvalue weighted by Gasteiger charge is -2.34. The molecule has 1 aromatic rings. The zero-order valence-corrected chi connectivity index (χ0v) is 15.4. The van der Waals surface area contributed by atoms with Crippen molar-refractivity contribution in [2.75, 3.05) is 47.0 Å². The molecule has 1 aliphatic rings. The number of benzene rings is 1. The van der Waals surface area contributed by atoms with Crippen LogP contribution in [-0.4, -0.2) is 62.9 Å². The zero-order valence-electron chi connectivity index (χ0n) is 13.8. The van der Waals surface area contributed by atoms with E-state index < -0.39 is 0 Å². The number of carbonyl (C=O) groups is 1. The van der Waals surface area contributed by atoms with Gasteiger partial charge in [-0.05, 0) is 28.9 Å². The summed E-state index contributed by atoms with van der Waals surface area (Å²) in [4.78, 5) is 15.8. The summed E-state index contributed by atoms with van der Waals surface area (Å²) in [7, 11) is 3.29. The van der Waals surface area contributed by atoms with Gasteiger partial charge in [-0.1, -0.05) is 0 Å². The van der Waals surface area contributed by atoms with Crippen molar-refractivity contribution in [3.8, 4) is 11.5 Å². The summed E-state index contributed by atoms with van der Waals surface area (Å²) >= 11 is 3.51. The van der Waals surface area contributed by atoms with Crippen molar-refractivity contribution in [2.45, 2.75) is 13.5 Å². The Hall–Kier alpha value is -1.47. The molecule has 2 rings (SSSR count). The van der Waals surface area contributed by atoms with E-state index in [1.807, 2.05) is 19.1 Å². The number of hydrogen-bond acceptors (Lipinski definition) is 5. The van der Waals surface area contributed by atoms with E-state index in [0.717, 1.165) is 41.2 Å². The minimum atomic E-state index is -0.225. The van der Waals surface area contributed by atoms with Crippen LogP contribution in [0.25, 0.3) is 0 Å². The molecule has 6 nitrogen and oxygen atoms in total. The van der Waals surface area contributed by atoms with Gasteiger partial charge < -0.3 is 19.1 Å². The number of piperazine rings is 1. The van der Waals surface area contributed by atoms with E-state index in [-0.39, 0.29) is 6.09 Å². The second kappa shape index (κ2) is 8.40. The number of rotatable bonds is 5. The largest absolute Gasteiger partial charge is 0.496 e. The average Bonchev–Trinajstić information content (AvgIpc) is 2.56. The Morgan fingerprint density at radius 1 is 1.13 bits per heavy atom. The summed E-state index contributed by atoms with van der Waals surface area (Å²) in [5.74, 6) is 1.55. The summed E-state index contributed by atoms with van der Waals surface area (Å²) in [6.07, 6.45) is -0.225. The van der Waals surface area contributed by atoms with Crippen LogP contribution in [0.1, 0.15) is 12.5 Å². The molecule has 23 heavy (non-hydrogen) atoms. The highest BCUT2D eigenvalue weighted by atomic mass is 79.9. The van der Waals surface area contributed by atoms with Crippen LogP contribution in [0.15, 0.2) is 16.6 Å². The highest BCUT2D eigenvalue weighted by Crippen LogP contribution is 2.33. The van der Waals surface area contributed by atoms with E-state index in [2.05, 4.69) is 20.8 Å². The van der Waals surface area contributed by atoms with Gasteiger partial charge in [0.15, 0.2) is 0 Å². The van der Waals surface area contributed by atoms with Crippen molar-refractivity contribution in [2.24, 2.45) is 0 Å².